The molecule has 0 bridgehead atoms. The Morgan fingerprint density at radius 3 is 2.84 bits per heavy atom. The molecular weight excluding hydrogens is 420 g/mol. The van der Waals surface area contributed by atoms with E-state index in [1.54, 1.807) is 37.5 Å². The molecule has 0 fully saturated rings. The number of benzene rings is 1. The average Bonchev–Trinajstić information content (AvgIpc) is 3.22. The summed E-state index contributed by atoms with van der Waals surface area (Å²) in [5.74, 6) is 0.964. The van der Waals surface area contributed by atoms with Crippen LogP contribution >= 0.6 is 11.6 Å². The maximum Gasteiger partial charge on any atom is 0.263 e. The lowest BCUT2D eigenvalue weighted by Gasteiger charge is -2.20. The molecular formula is C19H17ClN10O. The molecule has 31 heavy (non-hydrogen) atoms. The summed E-state index contributed by atoms with van der Waals surface area (Å²) in [7, 11) is 0. The number of aromatic nitrogens is 6. The van der Waals surface area contributed by atoms with Crippen LogP contribution in [-0.2, 0) is 6.54 Å². The number of imidazole rings is 1. The van der Waals surface area contributed by atoms with Crippen LogP contribution in [-0.4, -0.2) is 29.5 Å². The number of rotatable bonds is 5. The highest BCUT2D eigenvalue weighted by Crippen LogP contribution is 2.25. The van der Waals surface area contributed by atoms with Crippen molar-refractivity contribution in [2.24, 2.45) is 0 Å². The Morgan fingerprint density at radius 2 is 2.13 bits per heavy atom. The molecule has 4 aromatic rings. The fourth-order valence-corrected chi connectivity index (χ4v) is 3.49. The second kappa shape index (κ2) is 7.92. The maximum atomic E-state index is 13.3. The van der Waals surface area contributed by atoms with E-state index < -0.39 is 6.04 Å². The van der Waals surface area contributed by atoms with Gasteiger partial charge in [0.1, 0.15) is 29.1 Å². The van der Waals surface area contributed by atoms with Gasteiger partial charge in [0.05, 0.1) is 28.5 Å². The molecule has 12 heteroatoms. The third-order valence-electron chi connectivity index (χ3n) is 4.63. The second-order valence-corrected chi connectivity index (χ2v) is 7.11. The predicted molar refractivity (Wildman–Crippen MR) is 116 cm³/mol. The van der Waals surface area contributed by atoms with Crippen LogP contribution in [0.4, 0.5) is 17.6 Å². The molecule has 156 valence electrons. The number of nitriles is 1. The third-order valence-corrected chi connectivity index (χ3v) is 4.95. The Balaban J connectivity index is 1.86. The first-order chi connectivity index (χ1) is 14.9. The van der Waals surface area contributed by atoms with Gasteiger partial charge in [-0.3, -0.25) is 9.36 Å². The molecule has 0 radical (unpaired) electrons. The Kier molecular flexibility index (Phi) is 5.14. The molecule has 11 nitrogen and oxygen atoms in total. The molecule has 0 saturated carbocycles. The molecule has 4 rings (SSSR count). The van der Waals surface area contributed by atoms with Gasteiger partial charge >= 0.3 is 0 Å². The molecule has 1 atom stereocenters. The fourth-order valence-electron chi connectivity index (χ4n) is 3.24. The minimum atomic E-state index is -0.563. The van der Waals surface area contributed by atoms with Crippen molar-refractivity contribution in [2.45, 2.75) is 19.5 Å². The van der Waals surface area contributed by atoms with E-state index in [0.29, 0.717) is 27.6 Å². The smallest absolute Gasteiger partial charge is 0.263 e. The number of nitrogens with two attached hydrogens (primary N) is 2. The minimum absolute atomic E-state index is 0.0454. The number of hydrogen-bond acceptors (Lipinski definition) is 9. The van der Waals surface area contributed by atoms with Crippen molar-refractivity contribution in [1.82, 2.24) is 29.5 Å². The molecule has 0 spiro atoms. The number of hydrogen-bond donors (Lipinski definition) is 4. The highest BCUT2D eigenvalue weighted by molar-refractivity contribution is 6.35. The minimum Gasteiger partial charge on any atom is -0.382 e. The van der Waals surface area contributed by atoms with Crippen LogP contribution in [0.2, 0.25) is 5.02 Å². The van der Waals surface area contributed by atoms with Gasteiger partial charge in [-0.2, -0.15) is 15.2 Å². The number of nitrogen functional groups attached to an aromatic ring is 2. The van der Waals surface area contributed by atoms with E-state index in [9.17, 15) is 10.1 Å². The van der Waals surface area contributed by atoms with Crippen molar-refractivity contribution < 1.29 is 0 Å². The van der Waals surface area contributed by atoms with E-state index >= 15 is 0 Å². The summed E-state index contributed by atoms with van der Waals surface area (Å²) in [6, 6.07) is 6.45. The van der Waals surface area contributed by atoms with Gasteiger partial charge in [-0.05, 0) is 19.1 Å². The van der Waals surface area contributed by atoms with Crippen LogP contribution in [0.5, 0.6) is 0 Å². The van der Waals surface area contributed by atoms with Crippen LogP contribution in [0.3, 0.4) is 0 Å². The van der Waals surface area contributed by atoms with Gasteiger partial charge in [0.2, 0.25) is 5.95 Å². The zero-order valence-corrected chi connectivity index (χ0v) is 17.1. The second-order valence-electron chi connectivity index (χ2n) is 6.70. The lowest BCUT2D eigenvalue weighted by molar-refractivity contribution is 0.624. The van der Waals surface area contributed by atoms with Gasteiger partial charge in [0.15, 0.2) is 5.82 Å². The summed E-state index contributed by atoms with van der Waals surface area (Å²) in [5, 5.41) is 13.1. The van der Waals surface area contributed by atoms with E-state index in [1.807, 2.05) is 6.07 Å². The summed E-state index contributed by atoms with van der Waals surface area (Å²) >= 11 is 6.28. The van der Waals surface area contributed by atoms with Crippen LogP contribution < -0.4 is 22.3 Å². The number of anilines is 3. The zero-order valence-electron chi connectivity index (χ0n) is 16.3. The first kappa shape index (κ1) is 20.1. The number of fused-ring (bicyclic) bond motifs is 1. The van der Waals surface area contributed by atoms with Crippen molar-refractivity contribution in [3.05, 3.63) is 63.2 Å². The van der Waals surface area contributed by atoms with Gasteiger partial charge in [-0.15, -0.1) is 0 Å². The zero-order chi connectivity index (χ0) is 22.1. The summed E-state index contributed by atoms with van der Waals surface area (Å²) in [4.78, 5) is 33.0. The molecule has 3 heterocycles. The summed E-state index contributed by atoms with van der Waals surface area (Å²) in [6.07, 6.45) is 3.25. The van der Waals surface area contributed by atoms with Gasteiger partial charge in [0, 0.05) is 12.4 Å². The fraction of sp³-hybridized carbons (Fsp3) is 0.158. The van der Waals surface area contributed by atoms with Gasteiger partial charge in [-0.1, -0.05) is 17.7 Å². The van der Waals surface area contributed by atoms with E-state index in [4.69, 9.17) is 23.1 Å². The lowest BCUT2D eigenvalue weighted by atomic mass is 10.2. The van der Waals surface area contributed by atoms with Crippen molar-refractivity contribution >= 4 is 40.1 Å². The van der Waals surface area contributed by atoms with Gasteiger partial charge < -0.3 is 21.8 Å². The Morgan fingerprint density at radius 1 is 1.32 bits per heavy atom. The molecule has 0 amide bonds. The Hall–Kier alpha value is -4.17. The molecule has 1 unspecified atom stereocenters. The van der Waals surface area contributed by atoms with Crippen LogP contribution in [0, 0.1) is 11.3 Å². The number of nitrogens with one attached hydrogen (secondary N) is 2. The lowest BCUT2D eigenvalue weighted by Crippen LogP contribution is -2.29. The monoisotopic (exact) mass is 436 g/mol. The standard InChI is InChI=1S/C19H17ClN10O/c1-9(26-16-10(7-21)15(22)28-19(23)29-16)17-27-12-4-2-3-11(20)14(12)18(31)30(17)8-13-24-5-6-25-13/h2-6,9H,8H2,1H3,(H,24,25)(H5,22,23,26,28,29). The number of H-pyrrole nitrogens is 1. The molecule has 0 aliphatic carbocycles. The first-order valence-corrected chi connectivity index (χ1v) is 9.53. The van der Waals surface area contributed by atoms with Crippen LogP contribution in [0.25, 0.3) is 10.9 Å². The van der Waals surface area contributed by atoms with E-state index in [-0.39, 0.29) is 35.3 Å². The normalized spacial score (nSPS) is 11.9. The number of nitrogens with zero attached hydrogens (tertiary/aromatic N) is 6. The highest BCUT2D eigenvalue weighted by atomic mass is 35.5. The predicted octanol–water partition coefficient (Wildman–Crippen LogP) is 1.82. The van der Waals surface area contributed by atoms with Crippen molar-refractivity contribution in [2.75, 3.05) is 16.8 Å². The van der Waals surface area contributed by atoms with Crippen molar-refractivity contribution in [3.63, 3.8) is 0 Å². The number of aromatic amines is 1. The summed E-state index contributed by atoms with van der Waals surface area (Å²) in [6.45, 7) is 1.91. The van der Waals surface area contributed by atoms with E-state index in [2.05, 4.69) is 30.2 Å². The van der Waals surface area contributed by atoms with Crippen LogP contribution in [0.15, 0.2) is 35.4 Å². The average molecular weight is 437 g/mol. The Bertz CT molecular complexity index is 1370. The topological polar surface area (TPSA) is 177 Å². The molecule has 1 aromatic carbocycles. The van der Waals surface area contributed by atoms with Crippen molar-refractivity contribution in [3.8, 4) is 6.07 Å². The molecule has 3 aromatic heterocycles. The quantitative estimate of drug-likeness (QED) is 0.363. The molecule has 0 aliphatic heterocycles. The summed E-state index contributed by atoms with van der Waals surface area (Å²) in [5.41, 5.74) is 11.6. The largest absolute Gasteiger partial charge is 0.382 e. The summed E-state index contributed by atoms with van der Waals surface area (Å²) < 4.78 is 1.46. The van der Waals surface area contributed by atoms with Crippen molar-refractivity contribution in [1.29, 1.82) is 5.26 Å². The molecule has 0 saturated heterocycles. The first-order valence-electron chi connectivity index (χ1n) is 9.16. The maximum absolute atomic E-state index is 13.3. The number of halogens is 1. The Labute approximate surface area is 180 Å². The third kappa shape index (κ3) is 3.72. The van der Waals surface area contributed by atoms with E-state index in [1.165, 1.54) is 4.57 Å². The highest BCUT2D eigenvalue weighted by Gasteiger charge is 2.21. The molecule has 0 aliphatic rings. The van der Waals surface area contributed by atoms with Gasteiger partial charge in [0.25, 0.3) is 5.56 Å². The van der Waals surface area contributed by atoms with Crippen LogP contribution in [0.1, 0.15) is 30.2 Å². The van der Waals surface area contributed by atoms with Gasteiger partial charge in [-0.25, -0.2) is 9.97 Å². The molecule has 6 N–H and O–H groups in total. The SMILES string of the molecule is CC(Nc1nc(N)nc(N)c1C#N)c1nc2cccc(Cl)c2c(=O)n1Cc1ncc[nH]1. The van der Waals surface area contributed by atoms with E-state index in [0.717, 1.165) is 0 Å².